The summed E-state index contributed by atoms with van der Waals surface area (Å²) in [5.74, 6) is 10.4. The minimum Gasteiger partial charge on any atom is -0.462 e. The standard InChI is InChI=1S/C74H122O4/c1-53(2)29-27-31-55(5)63-39-41-65-61-37-35-57-51-59(43-47-71(57,7)67(61)45-49-73(63,65)9)77-69(75)33-25-23-21-19-17-15-13-11-12-14-16-18-20-22-24-26-34-70(76)78-60-44-48-72(8)58(52-60)36-38-62-66-42-40-64(56(6)32-28-30-54(3)4)74(66,10)50-46-68(62)72/h13-16,35-36,53-56,59-68H,11-12,17-34,37-52H2,1-10H3. The summed E-state index contributed by atoms with van der Waals surface area (Å²) < 4.78 is 12.4. The van der Waals surface area contributed by atoms with Gasteiger partial charge >= 0.3 is 11.9 Å². The molecule has 0 radical (unpaired) electrons. The largest absolute Gasteiger partial charge is 0.462 e. The van der Waals surface area contributed by atoms with Crippen LogP contribution in [0.3, 0.4) is 0 Å². The first-order valence-corrected chi connectivity index (χ1v) is 34.5. The van der Waals surface area contributed by atoms with Crippen LogP contribution in [0.25, 0.3) is 0 Å². The van der Waals surface area contributed by atoms with Gasteiger partial charge in [-0.25, -0.2) is 0 Å². The first-order valence-electron chi connectivity index (χ1n) is 34.5. The summed E-state index contributed by atoms with van der Waals surface area (Å²) in [5.41, 5.74) is 4.95. The number of carbonyl (C=O) groups is 2. The van der Waals surface area contributed by atoms with Crippen molar-refractivity contribution in [2.45, 2.75) is 313 Å². The Morgan fingerprint density at radius 2 is 0.859 bits per heavy atom. The van der Waals surface area contributed by atoms with Crippen molar-refractivity contribution in [1.29, 1.82) is 0 Å². The van der Waals surface area contributed by atoms with Crippen LogP contribution >= 0.6 is 0 Å². The number of unbranched alkanes of at least 4 members (excludes halogenated alkanes) is 9. The quantitative estimate of drug-likeness (QED) is 0.0426. The minimum absolute atomic E-state index is 0.0351. The van der Waals surface area contributed by atoms with Gasteiger partial charge in [0, 0.05) is 25.7 Å². The molecule has 8 aliphatic carbocycles. The summed E-state index contributed by atoms with van der Waals surface area (Å²) in [6.45, 7) is 25.3. The molecule has 0 saturated heterocycles. The fourth-order valence-corrected chi connectivity index (χ4v) is 20.4. The Bertz CT molecular complexity index is 1880. The summed E-state index contributed by atoms with van der Waals surface area (Å²) in [6, 6.07) is 0. The second-order valence-electron chi connectivity index (χ2n) is 30.7. The average molecular weight is 1080 g/mol. The predicted octanol–water partition coefficient (Wildman–Crippen LogP) is 21.5. The van der Waals surface area contributed by atoms with Crippen molar-refractivity contribution in [3.63, 3.8) is 0 Å². The van der Waals surface area contributed by atoms with Gasteiger partial charge in [0.2, 0.25) is 0 Å². The first-order chi connectivity index (χ1) is 37.5. The van der Waals surface area contributed by atoms with E-state index in [1.807, 2.05) is 0 Å². The Labute approximate surface area is 481 Å². The summed E-state index contributed by atoms with van der Waals surface area (Å²) in [5, 5.41) is 0. The second kappa shape index (κ2) is 28.5. The number of rotatable bonds is 29. The Morgan fingerprint density at radius 3 is 1.27 bits per heavy atom. The number of allylic oxidation sites excluding steroid dienone is 6. The zero-order chi connectivity index (χ0) is 55.5. The highest BCUT2D eigenvalue weighted by Crippen LogP contribution is 2.69. The van der Waals surface area contributed by atoms with Crippen LogP contribution in [0.2, 0.25) is 0 Å². The van der Waals surface area contributed by atoms with Gasteiger partial charge in [-0.1, -0.05) is 181 Å². The predicted molar refractivity (Wildman–Crippen MR) is 329 cm³/mol. The van der Waals surface area contributed by atoms with Gasteiger partial charge in [-0.3, -0.25) is 9.59 Å². The van der Waals surface area contributed by atoms with Crippen LogP contribution in [0.1, 0.15) is 300 Å². The van der Waals surface area contributed by atoms with Crippen LogP contribution in [-0.2, 0) is 19.1 Å². The SMILES string of the molecule is CC(C)CCCC(C)C1CCC2C3CC=C4CC(OC(=O)CCCCCCC=CCCC=CCCCCCCC(=O)OC5CCC6(C)C(=CCC7C6CCC6(C)C(C(C)CCCC(C)C)CCC76)C5)CCC4(C)C3CCC12C. The van der Waals surface area contributed by atoms with Crippen molar-refractivity contribution in [3.05, 3.63) is 47.6 Å². The van der Waals surface area contributed by atoms with Gasteiger partial charge in [0.1, 0.15) is 12.2 Å². The van der Waals surface area contributed by atoms with Gasteiger partial charge in [-0.15, -0.1) is 0 Å². The molecule has 16 unspecified atom stereocenters. The number of carbonyl (C=O) groups excluding carboxylic acids is 2. The Balaban J connectivity index is 0.609. The number of fused-ring (bicyclic) bond motifs is 10. The average Bonchev–Trinajstić information content (AvgIpc) is 4.10. The van der Waals surface area contributed by atoms with Crippen molar-refractivity contribution in [3.8, 4) is 0 Å². The number of hydrogen-bond donors (Lipinski definition) is 0. The van der Waals surface area contributed by atoms with E-state index in [1.54, 1.807) is 11.1 Å². The normalized spacial score (nSPS) is 37.0. The van der Waals surface area contributed by atoms with Gasteiger partial charge in [0.15, 0.2) is 0 Å². The molecule has 0 bridgehead atoms. The van der Waals surface area contributed by atoms with E-state index in [1.165, 1.54) is 141 Å². The molecule has 4 heteroatoms. The van der Waals surface area contributed by atoms with Crippen LogP contribution < -0.4 is 0 Å². The molecule has 6 fully saturated rings. The molecule has 78 heavy (non-hydrogen) atoms. The maximum atomic E-state index is 13.0. The molecule has 0 spiro atoms. The van der Waals surface area contributed by atoms with Crippen molar-refractivity contribution >= 4 is 11.9 Å². The van der Waals surface area contributed by atoms with E-state index in [2.05, 4.69) is 106 Å². The van der Waals surface area contributed by atoms with Gasteiger partial charge in [-0.05, 0) is 234 Å². The molecule has 0 aromatic rings. The highest BCUT2D eigenvalue weighted by atomic mass is 16.5. The van der Waals surface area contributed by atoms with Crippen molar-refractivity contribution in [1.82, 2.24) is 0 Å². The molecule has 16 atom stereocenters. The van der Waals surface area contributed by atoms with E-state index in [4.69, 9.17) is 9.47 Å². The smallest absolute Gasteiger partial charge is 0.306 e. The highest BCUT2D eigenvalue weighted by Gasteiger charge is 2.61. The molecule has 0 aliphatic heterocycles. The Hall–Kier alpha value is -2.10. The van der Waals surface area contributed by atoms with E-state index in [9.17, 15) is 9.59 Å². The number of esters is 2. The lowest BCUT2D eigenvalue weighted by atomic mass is 9.47. The molecular weight excluding hydrogens is 953 g/mol. The van der Waals surface area contributed by atoms with Crippen LogP contribution in [0, 0.1) is 92.7 Å². The highest BCUT2D eigenvalue weighted by molar-refractivity contribution is 5.70. The topological polar surface area (TPSA) is 52.6 Å². The fraction of sp³-hybridized carbons (Fsp3) is 0.865. The zero-order valence-electron chi connectivity index (χ0n) is 52.6. The number of hydrogen-bond acceptors (Lipinski definition) is 4. The first kappa shape index (κ1) is 62.0. The lowest BCUT2D eigenvalue weighted by Gasteiger charge is -2.58. The third-order valence-corrected chi connectivity index (χ3v) is 25.0. The third-order valence-electron chi connectivity index (χ3n) is 25.0. The lowest BCUT2D eigenvalue weighted by molar-refractivity contribution is -0.152. The van der Waals surface area contributed by atoms with Crippen LogP contribution in [0.15, 0.2) is 47.6 Å². The van der Waals surface area contributed by atoms with Gasteiger partial charge in [0.25, 0.3) is 0 Å². The Morgan fingerprint density at radius 1 is 0.462 bits per heavy atom. The fourth-order valence-electron chi connectivity index (χ4n) is 20.4. The van der Waals surface area contributed by atoms with Crippen molar-refractivity contribution < 1.29 is 19.1 Å². The molecule has 8 rings (SSSR count). The lowest BCUT2D eigenvalue weighted by Crippen LogP contribution is -2.51. The molecule has 442 valence electrons. The zero-order valence-corrected chi connectivity index (χ0v) is 52.6. The van der Waals surface area contributed by atoms with Crippen molar-refractivity contribution in [2.24, 2.45) is 92.7 Å². The minimum atomic E-state index is 0.0351. The van der Waals surface area contributed by atoms with E-state index in [-0.39, 0.29) is 24.1 Å². The molecule has 0 aromatic heterocycles. The summed E-state index contributed by atoms with van der Waals surface area (Å²) in [7, 11) is 0. The van der Waals surface area contributed by atoms with Gasteiger partial charge in [0.05, 0.1) is 0 Å². The second-order valence-corrected chi connectivity index (χ2v) is 30.7. The van der Waals surface area contributed by atoms with E-state index >= 15 is 0 Å². The molecule has 0 heterocycles. The van der Waals surface area contributed by atoms with Gasteiger partial charge < -0.3 is 9.47 Å². The van der Waals surface area contributed by atoms with Crippen LogP contribution in [0.5, 0.6) is 0 Å². The van der Waals surface area contributed by atoms with Crippen LogP contribution in [-0.4, -0.2) is 24.1 Å². The third kappa shape index (κ3) is 14.8. The summed E-state index contributed by atoms with van der Waals surface area (Å²) in [4.78, 5) is 26.0. The van der Waals surface area contributed by atoms with Gasteiger partial charge in [-0.2, -0.15) is 0 Å². The molecular formula is C74H122O4. The molecule has 0 amide bonds. The Kier molecular flexibility index (Phi) is 22.6. The summed E-state index contributed by atoms with van der Waals surface area (Å²) in [6.07, 6.45) is 58.3. The summed E-state index contributed by atoms with van der Waals surface area (Å²) >= 11 is 0. The molecule has 6 saturated carbocycles. The number of ether oxygens (including phenoxy) is 2. The van der Waals surface area contributed by atoms with Crippen molar-refractivity contribution in [2.75, 3.05) is 0 Å². The maximum Gasteiger partial charge on any atom is 0.306 e. The monoisotopic (exact) mass is 1070 g/mol. The molecule has 8 aliphatic rings. The molecule has 4 nitrogen and oxygen atoms in total. The molecule has 0 N–H and O–H groups in total. The van der Waals surface area contributed by atoms with E-state index < -0.39 is 0 Å². The molecule has 0 aromatic carbocycles. The maximum absolute atomic E-state index is 13.0. The van der Waals surface area contributed by atoms with E-state index in [0.29, 0.717) is 34.5 Å². The van der Waals surface area contributed by atoms with Crippen LogP contribution in [0.4, 0.5) is 0 Å². The van der Waals surface area contributed by atoms with E-state index in [0.717, 1.165) is 148 Å².